The van der Waals surface area contributed by atoms with Crippen LogP contribution in [0.4, 0.5) is 0 Å². The van der Waals surface area contributed by atoms with Crippen molar-refractivity contribution in [2.24, 2.45) is 0 Å². The molecule has 2 aliphatic rings. The highest BCUT2D eigenvalue weighted by Gasteiger charge is 2.39. The molecule has 144 valence electrons. The summed E-state index contributed by atoms with van der Waals surface area (Å²) in [4.78, 5) is 49.5. The molecule has 1 unspecified atom stereocenters. The largest absolute Gasteiger partial charge is 0.351 e. The quantitative estimate of drug-likeness (QED) is 0.704. The minimum atomic E-state index is -0.656. The molecule has 1 aromatic heterocycles. The molecule has 3 heterocycles. The Morgan fingerprint density at radius 3 is 2.89 bits per heavy atom. The van der Waals surface area contributed by atoms with Crippen LogP contribution in [0.15, 0.2) is 24.4 Å². The summed E-state index contributed by atoms with van der Waals surface area (Å²) in [6, 6.07) is 4.51. The zero-order valence-electron chi connectivity index (χ0n) is 15.1. The average Bonchev–Trinajstić information content (AvgIpc) is 3.27. The number of aromatic nitrogens is 3. The van der Waals surface area contributed by atoms with Gasteiger partial charge in [-0.05, 0) is 37.1 Å². The van der Waals surface area contributed by atoms with Crippen LogP contribution in [0.1, 0.15) is 46.2 Å². The molecule has 10 nitrogen and oxygen atoms in total. The van der Waals surface area contributed by atoms with Crippen molar-refractivity contribution in [2.75, 3.05) is 6.54 Å². The van der Waals surface area contributed by atoms with Crippen LogP contribution in [0.25, 0.3) is 5.69 Å². The fourth-order valence-electron chi connectivity index (χ4n) is 3.45. The van der Waals surface area contributed by atoms with Gasteiger partial charge in [0.25, 0.3) is 11.8 Å². The van der Waals surface area contributed by atoms with Crippen LogP contribution >= 0.6 is 0 Å². The normalized spacial score (nSPS) is 18.8. The molecule has 28 heavy (non-hydrogen) atoms. The van der Waals surface area contributed by atoms with E-state index in [4.69, 9.17) is 0 Å². The maximum absolute atomic E-state index is 12.7. The smallest absolute Gasteiger partial charge is 0.273 e. The van der Waals surface area contributed by atoms with Crippen molar-refractivity contribution in [1.29, 1.82) is 0 Å². The Labute approximate surface area is 159 Å². The van der Waals surface area contributed by atoms with E-state index in [-0.39, 0.29) is 36.4 Å². The van der Waals surface area contributed by atoms with Crippen molar-refractivity contribution < 1.29 is 19.2 Å². The second kappa shape index (κ2) is 6.87. The van der Waals surface area contributed by atoms with Gasteiger partial charge in [-0.1, -0.05) is 5.21 Å². The van der Waals surface area contributed by atoms with E-state index >= 15 is 0 Å². The van der Waals surface area contributed by atoms with E-state index in [2.05, 4.69) is 20.9 Å². The predicted molar refractivity (Wildman–Crippen MR) is 95.4 cm³/mol. The van der Waals surface area contributed by atoms with E-state index < -0.39 is 11.9 Å². The Morgan fingerprint density at radius 1 is 1.32 bits per heavy atom. The van der Waals surface area contributed by atoms with Crippen LogP contribution in [-0.2, 0) is 16.1 Å². The second-order valence-electron chi connectivity index (χ2n) is 6.65. The molecule has 2 aliphatic heterocycles. The third-order valence-corrected chi connectivity index (χ3v) is 4.84. The molecule has 1 saturated heterocycles. The van der Waals surface area contributed by atoms with E-state index in [1.165, 1.54) is 15.8 Å². The number of fused-ring (bicyclic) bond motifs is 1. The van der Waals surface area contributed by atoms with Crippen molar-refractivity contribution in [2.45, 2.75) is 32.4 Å². The summed E-state index contributed by atoms with van der Waals surface area (Å²) in [5.41, 5.74) is 2.11. The summed E-state index contributed by atoms with van der Waals surface area (Å²) in [7, 11) is 0. The molecule has 0 bridgehead atoms. The highest BCUT2D eigenvalue weighted by molar-refractivity contribution is 6.05. The number of hydrogen-bond acceptors (Lipinski definition) is 6. The molecule has 1 atom stereocenters. The molecule has 0 aliphatic carbocycles. The number of carbonyl (C=O) groups is 4. The molecule has 0 spiro atoms. The van der Waals surface area contributed by atoms with Gasteiger partial charge in [0, 0.05) is 25.1 Å². The summed E-state index contributed by atoms with van der Waals surface area (Å²) >= 11 is 0. The first-order chi connectivity index (χ1) is 13.5. The Hall–Kier alpha value is -3.56. The first-order valence-corrected chi connectivity index (χ1v) is 8.96. The summed E-state index contributed by atoms with van der Waals surface area (Å²) < 4.78 is 1.46. The summed E-state index contributed by atoms with van der Waals surface area (Å²) in [5.74, 6) is -1.31. The molecule has 1 fully saturated rings. The second-order valence-corrected chi connectivity index (χ2v) is 6.65. The van der Waals surface area contributed by atoms with Gasteiger partial charge >= 0.3 is 0 Å². The number of amides is 4. The molecule has 1 aromatic carbocycles. The lowest BCUT2D eigenvalue weighted by atomic mass is 10.0. The van der Waals surface area contributed by atoms with Crippen molar-refractivity contribution in [3.63, 3.8) is 0 Å². The molecule has 0 saturated carbocycles. The van der Waals surface area contributed by atoms with Gasteiger partial charge in [0.15, 0.2) is 5.69 Å². The average molecular weight is 382 g/mol. The molecule has 2 N–H and O–H groups in total. The van der Waals surface area contributed by atoms with Crippen LogP contribution in [0.2, 0.25) is 0 Å². The summed E-state index contributed by atoms with van der Waals surface area (Å²) in [6.07, 6.45) is 2.04. The highest BCUT2D eigenvalue weighted by Crippen LogP contribution is 2.28. The minimum absolute atomic E-state index is 0.198. The van der Waals surface area contributed by atoms with Crippen LogP contribution < -0.4 is 10.6 Å². The number of nitrogens with zero attached hydrogens (tertiary/aromatic N) is 4. The molecule has 4 rings (SSSR count). The third kappa shape index (κ3) is 3.02. The van der Waals surface area contributed by atoms with Crippen molar-refractivity contribution >= 4 is 23.6 Å². The maximum Gasteiger partial charge on any atom is 0.273 e. The van der Waals surface area contributed by atoms with Crippen LogP contribution in [0.5, 0.6) is 0 Å². The Morgan fingerprint density at radius 2 is 2.14 bits per heavy atom. The zero-order valence-corrected chi connectivity index (χ0v) is 15.1. The van der Waals surface area contributed by atoms with Gasteiger partial charge in [-0.3, -0.25) is 24.5 Å². The lowest BCUT2D eigenvalue weighted by Crippen LogP contribution is -2.52. The molecule has 0 radical (unpaired) electrons. The third-order valence-electron chi connectivity index (χ3n) is 4.84. The van der Waals surface area contributed by atoms with Gasteiger partial charge < -0.3 is 10.2 Å². The molecule has 4 amide bonds. The van der Waals surface area contributed by atoms with E-state index in [1.807, 2.05) is 6.92 Å². The van der Waals surface area contributed by atoms with Crippen LogP contribution in [0.3, 0.4) is 0 Å². The first kappa shape index (κ1) is 17.8. The monoisotopic (exact) mass is 382 g/mol. The van der Waals surface area contributed by atoms with Gasteiger partial charge in [0.05, 0.1) is 11.9 Å². The Bertz CT molecular complexity index is 998. The standard InChI is InChI=1S/C18H18N6O4/c1-2-19-16(26)13-9-24(22-21-13)11-3-4-12-10(7-11)8-23(18(12)28)14-5-6-15(25)20-17(14)27/h3-4,7,9,14H,2,5-6,8H2,1H3,(H,19,26)(H,20,25,27). The number of benzene rings is 1. The molecular formula is C18H18N6O4. The Kier molecular flexibility index (Phi) is 4.38. The fraction of sp³-hybridized carbons (Fsp3) is 0.333. The molecule has 2 aromatic rings. The van der Waals surface area contributed by atoms with Gasteiger partial charge in [-0.2, -0.15) is 0 Å². The van der Waals surface area contributed by atoms with Crippen molar-refractivity contribution in [1.82, 2.24) is 30.5 Å². The summed E-state index contributed by atoms with van der Waals surface area (Å²) in [6.45, 7) is 2.57. The molecular weight excluding hydrogens is 364 g/mol. The number of imide groups is 1. The van der Waals surface area contributed by atoms with E-state index in [1.54, 1.807) is 18.2 Å². The van der Waals surface area contributed by atoms with E-state index in [0.717, 1.165) is 5.56 Å². The van der Waals surface area contributed by atoms with Gasteiger partial charge in [-0.25, -0.2) is 4.68 Å². The fourth-order valence-corrected chi connectivity index (χ4v) is 3.45. The first-order valence-electron chi connectivity index (χ1n) is 8.96. The number of nitrogens with one attached hydrogen (secondary N) is 2. The number of rotatable bonds is 4. The van der Waals surface area contributed by atoms with E-state index in [0.29, 0.717) is 24.2 Å². The van der Waals surface area contributed by atoms with Gasteiger partial charge in [0.1, 0.15) is 6.04 Å². The number of carbonyl (C=O) groups excluding carboxylic acids is 4. The predicted octanol–water partition coefficient (Wildman–Crippen LogP) is -0.222. The van der Waals surface area contributed by atoms with E-state index in [9.17, 15) is 19.2 Å². The SMILES string of the molecule is CCNC(=O)c1cn(-c2ccc3c(c2)CN(C2CCC(=O)NC2=O)C3=O)nn1. The lowest BCUT2D eigenvalue weighted by Gasteiger charge is -2.29. The molecule has 10 heteroatoms. The Balaban J connectivity index is 1.57. The van der Waals surface area contributed by atoms with Gasteiger partial charge in [0.2, 0.25) is 11.8 Å². The lowest BCUT2D eigenvalue weighted by molar-refractivity contribution is -0.136. The van der Waals surface area contributed by atoms with Crippen LogP contribution in [-0.4, -0.2) is 56.1 Å². The van der Waals surface area contributed by atoms with Crippen molar-refractivity contribution in [3.8, 4) is 5.69 Å². The maximum atomic E-state index is 12.7. The van der Waals surface area contributed by atoms with Gasteiger partial charge in [-0.15, -0.1) is 5.10 Å². The number of hydrogen-bond donors (Lipinski definition) is 2. The topological polar surface area (TPSA) is 126 Å². The zero-order chi connectivity index (χ0) is 19.8. The minimum Gasteiger partial charge on any atom is -0.351 e. The van der Waals surface area contributed by atoms with Crippen molar-refractivity contribution in [3.05, 3.63) is 41.2 Å². The summed E-state index contributed by atoms with van der Waals surface area (Å²) in [5, 5.41) is 12.8. The highest BCUT2D eigenvalue weighted by atomic mass is 16.2. The number of piperidine rings is 1. The van der Waals surface area contributed by atoms with Crippen LogP contribution in [0, 0.1) is 0 Å².